The third kappa shape index (κ3) is 3.03. The molecule has 110 valence electrons. The first kappa shape index (κ1) is 14.6. The molecule has 3 N–H and O–H groups in total. The molecule has 0 aliphatic heterocycles. The molecule has 0 bridgehead atoms. The van der Waals surface area contributed by atoms with E-state index in [0.717, 1.165) is 18.8 Å². The van der Waals surface area contributed by atoms with Crippen LogP contribution < -0.4 is 10.6 Å². The van der Waals surface area contributed by atoms with Crippen molar-refractivity contribution in [3.63, 3.8) is 0 Å². The fourth-order valence-corrected chi connectivity index (χ4v) is 2.84. The predicted octanol–water partition coefficient (Wildman–Crippen LogP) is 2.94. The van der Waals surface area contributed by atoms with E-state index in [2.05, 4.69) is 12.1 Å². The van der Waals surface area contributed by atoms with Gasteiger partial charge >= 0.3 is 0 Å². The van der Waals surface area contributed by atoms with Crippen LogP contribution in [0.15, 0.2) is 23.4 Å². The molecule has 0 aromatic heterocycles. The zero-order valence-electron chi connectivity index (χ0n) is 12.0. The topological polar surface area (TPSA) is 61.8 Å². The fraction of sp³-hybridized carbons (Fsp3) is 0.533. The highest BCUT2D eigenvalue weighted by Gasteiger charge is 2.23. The first-order chi connectivity index (χ1) is 9.52. The normalized spacial score (nSPS) is 23.6. The molecule has 1 aliphatic rings. The number of anilines is 1. The second-order valence-electron chi connectivity index (χ2n) is 5.68. The molecule has 1 fully saturated rings. The summed E-state index contributed by atoms with van der Waals surface area (Å²) in [5.74, 6) is 0.354. The Hall–Kier alpha value is -1.78. The summed E-state index contributed by atoms with van der Waals surface area (Å²) in [5, 5.41) is 11.5. The summed E-state index contributed by atoms with van der Waals surface area (Å²) in [7, 11) is 1.93. The van der Waals surface area contributed by atoms with Crippen molar-refractivity contribution in [2.45, 2.75) is 38.6 Å². The average molecular weight is 279 g/mol. The molecule has 1 aliphatic carbocycles. The molecule has 0 unspecified atom stereocenters. The third-order valence-electron chi connectivity index (χ3n) is 4.26. The van der Waals surface area contributed by atoms with Crippen molar-refractivity contribution in [3.8, 4) is 0 Å². The minimum Gasteiger partial charge on any atom is -0.409 e. The number of oxime groups is 1. The lowest BCUT2D eigenvalue weighted by Crippen LogP contribution is -2.35. The lowest BCUT2D eigenvalue weighted by molar-refractivity contribution is 0.318. The monoisotopic (exact) mass is 279 g/mol. The molecule has 1 aromatic rings. The van der Waals surface area contributed by atoms with Crippen LogP contribution in [0.1, 0.15) is 38.2 Å². The van der Waals surface area contributed by atoms with Gasteiger partial charge in [0, 0.05) is 18.7 Å². The summed E-state index contributed by atoms with van der Waals surface area (Å²) in [6.07, 6.45) is 4.58. The molecule has 1 saturated carbocycles. The highest BCUT2D eigenvalue weighted by Crippen LogP contribution is 2.30. The first-order valence-corrected chi connectivity index (χ1v) is 7.03. The van der Waals surface area contributed by atoms with Gasteiger partial charge in [-0.25, -0.2) is 4.39 Å². The van der Waals surface area contributed by atoms with Crippen molar-refractivity contribution >= 4 is 11.5 Å². The van der Waals surface area contributed by atoms with E-state index in [0.29, 0.717) is 17.3 Å². The van der Waals surface area contributed by atoms with E-state index < -0.39 is 0 Å². The fourth-order valence-electron chi connectivity index (χ4n) is 2.84. The Labute approximate surface area is 119 Å². The van der Waals surface area contributed by atoms with E-state index in [1.54, 1.807) is 12.1 Å². The van der Waals surface area contributed by atoms with Crippen molar-refractivity contribution in [3.05, 3.63) is 29.6 Å². The highest BCUT2D eigenvalue weighted by atomic mass is 19.1. The van der Waals surface area contributed by atoms with E-state index in [1.165, 1.54) is 18.9 Å². The van der Waals surface area contributed by atoms with Gasteiger partial charge in [0.05, 0.1) is 5.69 Å². The number of nitrogens with zero attached hydrogens (tertiary/aromatic N) is 2. The molecular weight excluding hydrogens is 257 g/mol. The van der Waals surface area contributed by atoms with Gasteiger partial charge in [-0.3, -0.25) is 0 Å². The summed E-state index contributed by atoms with van der Waals surface area (Å²) < 4.78 is 14.2. The van der Waals surface area contributed by atoms with Crippen molar-refractivity contribution in [1.29, 1.82) is 0 Å². The predicted molar refractivity (Wildman–Crippen MR) is 78.7 cm³/mol. The molecular formula is C15H22FN3O. The maximum Gasteiger partial charge on any atom is 0.170 e. The quantitative estimate of drug-likeness (QED) is 0.387. The van der Waals surface area contributed by atoms with Gasteiger partial charge in [0.15, 0.2) is 5.84 Å². The maximum atomic E-state index is 14.2. The van der Waals surface area contributed by atoms with E-state index in [4.69, 9.17) is 10.9 Å². The van der Waals surface area contributed by atoms with Crippen molar-refractivity contribution in [1.82, 2.24) is 0 Å². The summed E-state index contributed by atoms with van der Waals surface area (Å²) in [6, 6.07) is 5.07. The Kier molecular flexibility index (Phi) is 4.47. The van der Waals surface area contributed by atoms with Gasteiger partial charge in [0.2, 0.25) is 0 Å². The number of nitrogens with two attached hydrogens (primary N) is 1. The Bertz CT molecular complexity index is 496. The van der Waals surface area contributed by atoms with E-state index >= 15 is 0 Å². The Morgan fingerprint density at radius 3 is 2.55 bits per heavy atom. The van der Waals surface area contributed by atoms with Crippen molar-refractivity contribution in [2.75, 3.05) is 11.9 Å². The van der Waals surface area contributed by atoms with Crippen LogP contribution in [0.3, 0.4) is 0 Å². The molecule has 2 rings (SSSR count). The van der Waals surface area contributed by atoms with Crippen LogP contribution >= 0.6 is 0 Å². The van der Waals surface area contributed by atoms with Crippen LogP contribution in [0.4, 0.5) is 10.1 Å². The Balaban J connectivity index is 2.16. The van der Waals surface area contributed by atoms with Crippen LogP contribution in [0, 0.1) is 11.7 Å². The average Bonchev–Trinajstić information content (AvgIpc) is 2.46. The van der Waals surface area contributed by atoms with Crippen LogP contribution in [0.2, 0.25) is 0 Å². The molecule has 20 heavy (non-hydrogen) atoms. The summed E-state index contributed by atoms with van der Waals surface area (Å²) in [4.78, 5) is 2.01. The van der Waals surface area contributed by atoms with Crippen LogP contribution in [0.5, 0.6) is 0 Å². The second kappa shape index (κ2) is 6.11. The molecule has 0 radical (unpaired) electrons. The van der Waals surface area contributed by atoms with Crippen LogP contribution in [-0.2, 0) is 0 Å². The van der Waals surface area contributed by atoms with Crippen LogP contribution in [0.25, 0.3) is 0 Å². The molecule has 1 aromatic carbocycles. The summed E-state index contributed by atoms with van der Waals surface area (Å²) >= 11 is 0. The van der Waals surface area contributed by atoms with Crippen molar-refractivity contribution < 1.29 is 9.60 Å². The Morgan fingerprint density at radius 1 is 1.35 bits per heavy atom. The molecule has 5 heteroatoms. The van der Waals surface area contributed by atoms with Gasteiger partial charge in [0.1, 0.15) is 5.82 Å². The molecule has 0 saturated heterocycles. The minimum atomic E-state index is -0.338. The Morgan fingerprint density at radius 2 is 2.00 bits per heavy atom. The molecule has 0 amide bonds. The van der Waals surface area contributed by atoms with E-state index in [-0.39, 0.29) is 11.7 Å². The van der Waals surface area contributed by atoms with E-state index in [9.17, 15) is 4.39 Å². The molecule has 0 heterocycles. The lowest BCUT2D eigenvalue weighted by atomic mass is 9.86. The lowest BCUT2D eigenvalue weighted by Gasteiger charge is -2.35. The standard InChI is InChI=1S/C15H22FN3O/c1-10-3-6-12(7-4-10)19(2)14-8-5-11(9-13(14)16)15(17)18-20/h5,8-10,12,20H,3-4,6-7H2,1-2H3,(H2,17,18). The minimum absolute atomic E-state index is 0.0791. The van der Waals surface area contributed by atoms with Gasteiger partial charge in [-0.2, -0.15) is 0 Å². The third-order valence-corrected chi connectivity index (χ3v) is 4.26. The summed E-state index contributed by atoms with van der Waals surface area (Å²) in [6.45, 7) is 2.27. The largest absolute Gasteiger partial charge is 0.409 e. The summed E-state index contributed by atoms with van der Waals surface area (Å²) in [5.41, 5.74) is 6.42. The maximum absolute atomic E-state index is 14.2. The first-order valence-electron chi connectivity index (χ1n) is 7.03. The van der Waals surface area contributed by atoms with Gasteiger partial charge in [-0.1, -0.05) is 12.1 Å². The van der Waals surface area contributed by atoms with Gasteiger partial charge in [-0.15, -0.1) is 0 Å². The second-order valence-corrected chi connectivity index (χ2v) is 5.68. The zero-order valence-corrected chi connectivity index (χ0v) is 12.0. The highest BCUT2D eigenvalue weighted by molar-refractivity contribution is 5.97. The van der Waals surface area contributed by atoms with Gasteiger partial charge in [-0.05, 0) is 49.8 Å². The number of rotatable bonds is 3. The number of hydrogen-bond donors (Lipinski definition) is 2. The van der Waals surface area contributed by atoms with E-state index in [1.807, 2.05) is 11.9 Å². The zero-order chi connectivity index (χ0) is 14.7. The van der Waals surface area contributed by atoms with Gasteiger partial charge < -0.3 is 15.8 Å². The number of halogens is 1. The van der Waals surface area contributed by atoms with Gasteiger partial charge in [0.25, 0.3) is 0 Å². The molecule has 4 nitrogen and oxygen atoms in total. The SMILES string of the molecule is CC1CCC(N(C)c2ccc(C(N)=NO)cc2F)CC1. The van der Waals surface area contributed by atoms with Crippen molar-refractivity contribution in [2.24, 2.45) is 16.8 Å². The smallest absolute Gasteiger partial charge is 0.170 e. The number of benzene rings is 1. The number of hydrogen-bond acceptors (Lipinski definition) is 3. The molecule has 0 spiro atoms. The van der Waals surface area contributed by atoms with Crippen LogP contribution in [-0.4, -0.2) is 24.1 Å². The number of amidine groups is 1. The molecule has 0 atom stereocenters.